The lowest BCUT2D eigenvalue weighted by atomic mass is 10.2. The van der Waals surface area contributed by atoms with E-state index in [1.165, 1.54) is 11.8 Å². The Hall–Kier alpha value is -1.36. The molecule has 0 aliphatic rings. The van der Waals surface area contributed by atoms with E-state index in [1.54, 1.807) is 11.9 Å². The van der Waals surface area contributed by atoms with Crippen molar-refractivity contribution < 1.29 is 9.59 Å². The maximum Gasteiger partial charge on any atom is 0.242 e. The van der Waals surface area contributed by atoms with Crippen LogP contribution in [0.25, 0.3) is 0 Å². The van der Waals surface area contributed by atoms with Crippen molar-refractivity contribution in [3.8, 4) is 0 Å². The summed E-state index contributed by atoms with van der Waals surface area (Å²) in [6.07, 6.45) is 2.01. The molecule has 4 nitrogen and oxygen atoms in total. The number of aryl methyl sites for hydroxylation is 1. The van der Waals surface area contributed by atoms with Crippen molar-refractivity contribution in [1.82, 2.24) is 4.90 Å². The number of anilines is 1. The van der Waals surface area contributed by atoms with Crippen molar-refractivity contribution in [3.63, 3.8) is 0 Å². The predicted octanol–water partition coefficient (Wildman–Crippen LogP) is 3.37. The van der Waals surface area contributed by atoms with Gasteiger partial charge in [-0.3, -0.25) is 9.59 Å². The van der Waals surface area contributed by atoms with Crippen LogP contribution in [0.4, 0.5) is 5.69 Å². The van der Waals surface area contributed by atoms with Crippen LogP contribution in [-0.4, -0.2) is 36.9 Å². The van der Waals surface area contributed by atoms with Crippen LogP contribution in [-0.2, 0) is 9.59 Å². The van der Waals surface area contributed by atoms with Gasteiger partial charge < -0.3 is 9.80 Å². The summed E-state index contributed by atoms with van der Waals surface area (Å²) in [6, 6.07) is 5.65. The molecule has 0 fully saturated rings. The zero-order chi connectivity index (χ0) is 16.0. The molecule has 0 aromatic heterocycles. The number of amides is 2. The standard InChI is InChI=1S/C16H23BrN2O2/c1-5-6-9-18(4)16(21)11-19(13(3)20)14-7-8-15(17)12(2)10-14/h7-8,10H,5-6,9,11H2,1-4H3. The molecule has 0 saturated heterocycles. The van der Waals surface area contributed by atoms with E-state index in [9.17, 15) is 9.59 Å². The summed E-state index contributed by atoms with van der Waals surface area (Å²) >= 11 is 3.44. The first kappa shape index (κ1) is 17.7. The summed E-state index contributed by atoms with van der Waals surface area (Å²) < 4.78 is 0.987. The Kier molecular flexibility index (Phi) is 6.89. The Morgan fingerprint density at radius 1 is 1.29 bits per heavy atom. The Bertz CT molecular complexity index is 517. The third kappa shape index (κ3) is 5.16. The molecular formula is C16H23BrN2O2. The Morgan fingerprint density at radius 2 is 1.95 bits per heavy atom. The van der Waals surface area contributed by atoms with E-state index in [2.05, 4.69) is 22.9 Å². The van der Waals surface area contributed by atoms with Gasteiger partial charge in [0.2, 0.25) is 11.8 Å². The molecule has 0 N–H and O–H groups in total. The van der Waals surface area contributed by atoms with Gasteiger partial charge >= 0.3 is 0 Å². The molecule has 0 saturated carbocycles. The Balaban J connectivity index is 2.85. The highest BCUT2D eigenvalue weighted by molar-refractivity contribution is 9.10. The largest absolute Gasteiger partial charge is 0.344 e. The highest BCUT2D eigenvalue weighted by atomic mass is 79.9. The number of unbranched alkanes of at least 4 members (excludes halogenated alkanes) is 1. The smallest absolute Gasteiger partial charge is 0.242 e. The molecule has 0 unspecified atom stereocenters. The minimum atomic E-state index is -0.131. The fraction of sp³-hybridized carbons (Fsp3) is 0.500. The molecule has 5 heteroatoms. The molecule has 1 aromatic rings. The van der Waals surface area contributed by atoms with Gasteiger partial charge in [-0.15, -0.1) is 0 Å². The average Bonchev–Trinajstić information content (AvgIpc) is 2.44. The quantitative estimate of drug-likeness (QED) is 0.785. The van der Waals surface area contributed by atoms with Crippen LogP contribution in [0.3, 0.4) is 0 Å². The van der Waals surface area contributed by atoms with E-state index in [-0.39, 0.29) is 18.4 Å². The molecule has 0 atom stereocenters. The van der Waals surface area contributed by atoms with Crippen LogP contribution >= 0.6 is 15.9 Å². The van der Waals surface area contributed by atoms with Crippen molar-refractivity contribution in [1.29, 1.82) is 0 Å². The maximum absolute atomic E-state index is 12.2. The van der Waals surface area contributed by atoms with Crippen LogP contribution in [0.2, 0.25) is 0 Å². The van der Waals surface area contributed by atoms with Crippen LogP contribution < -0.4 is 4.90 Å². The van der Waals surface area contributed by atoms with Gasteiger partial charge in [-0.05, 0) is 37.1 Å². The predicted molar refractivity (Wildman–Crippen MR) is 89.5 cm³/mol. The summed E-state index contributed by atoms with van der Waals surface area (Å²) in [6.45, 7) is 6.33. The SMILES string of the molecule is CCCCN(C)C(=O)CN(C(C)=O)c1ccc(Br)c(C)c1. The van der Waals surface area contributed by atoms with Crippen LogP contribution in [0, 0.1) is 6.92 Å². The van der Waals surface area contributed by atoms with Gasteiger partial charge in [-0.1, -0.05) is 29.3 Å². The van der Waals surface area contributed by atoms with Gasteiger partial charge in [0.15, 0.2) is 0 Å². The van der Waals surface area contributed by atoms with Crippen molar-refractivity contribution >= 4 is 33.4 Å². The molecule has 0 bridgehead atoms. The lowest BCUT2D eigenvalue weighted by Gasteiger charge is -2.25. The molecular weight excluding hydrogens is 332 g/mol. The summed E-state index contributed by atoms with van der Waals surface area (Å²) in [5, 5.41) is 0. The summed E-state index contributed by atoms with van der Waals surface area (Å²) in [5.41, 5.74) is 1.78. The fourth-order valence-corrected chi connectivity index (χ4v) is 2.20. The van der Waals surface area contributed by atoms with E-state index in [4.69, 9.17) is 0 Å². The first-order chi connectivity index (χ1) is 9.86. The molecule has 0 radical (unpaired) electrons. The number of rotatable bonds is 6. The maximum atomic E-state index is 12.2. The van der Waals surface area contributed by atoms with Gasteiger partial charge in [-0.2, -0.15) is 0 Å². The third-order valence-corrected chi connectivity index (χ3v) is 4.29. The summed E-state index contributed by atoms with van der Waals surface area (Å²) in [4.78, 5) is 27.3. The molecule has 1 aromatic carbocycles. The van der Waals surface area contributed by atoms with Crippen LogP contribution in [0.5, 0.6) is 0 Å². The molecule has 0 aliphatic heterocycles. The van der Waals surface area contributed by atoms with Gasteiger partial charge in [-0.25, -0.2) is 0 Å². The highest BCUT2D eigenvalue weighted by Gasteiger charge is 2.18. The van der Waals surface area contributed by atoms with E-state index in [0.717, 1.165) is 35.1 Å². The van der Waals surface area contributed by atoms with Crippen LogP contribution in [0.15, 0.2) is 22.7 Å². The monoisotopic (exact) mass is 354 g/mol. The van der Waals surface area contributed by atoms with Crippen molar-refractivity contribution in [3.05, 3.63) is 28.2 Å². The number of benzene rings is 1. The first-order valence-corrected chi connectivity index (χ1v) is 7.94. The third-order valence-electron chi connectivity index (χ3n) is 3.40. The second-order valence-corrected chi connectivity index (χ2v) is 6.06. The molecule has 0 spiro atoms. The number of halogens is 1. The minimum Gasteiger partial charge on any atom is -0.344 e. The Labute approximate surface area is 135 Å². The minimum absolute atomic E-state index is 0.0424. The average molecular weight is 355 g/mol. The molecule has 0 aliphatic carbocycles. The van der Waals surface area contributed by atoms with Gasteiger partial charge in [0.25, 0.3) is 0 Å². The normalized spacial score (nSPS) is 10.3. The van der Waals surface area contributed by atoms with Crippen molar-refractivity contribution in [2.75, 3.05) is 25.0 Å². The van der Waals surface area contributed by atoms with Gasteiger partial charge in [0.1, 0.15) is 6.54 Å². The van der Waals surface area contributed by atoms with E-state index in [1.807, 2.05) is 25.1 Å². The number of carbonyl (C=O) groups excluding carboxylic acids is 2. The van der Waals surface area contributed by atoms with Crippen molar-refractivity contribution in [2.45, 2.75) is 33.6 Å². The lowest BCUT2D eigenvalue weighted by Crippen LogP contribution is -2.41. The number of hydrogen-bond acceptors (Lipinski definition) is 2. The second kappa shape index (κ2) is 8.17. The zero-order valence-electron chi connectivity index (χ0n) is 13.1. The van der Waals surface area contributed by atoms with Crippen molar-refractivity contribution in [2.24, 2.45) is 0 Å². The van der Waals surface area contributed by atoms with E-state index >= 15 is 0 Å². The molecule has 0 heterocycles. The van der Waals surface area contributed by atoms with Gasteiger partial charge in [0, 0.05) is 30.7 Å². The van der Waals surface area contributed by atoms with E-state index < -0.39 is 0 Å². The fourth-order valence-electron chi connectivity index (χ4n) is 1.96. The summed E-state index contributed by atoms with van der Waals surface area (Å²) in [7, 11) is 1.78. The second-order valence-electron chi connectivity index (χ2n) is 5.21. The first-order valence-electron chi connectivity index (χ1n) is 7.15. The number of likely N-dealkylation sites (N-methyl/N-ethyl adjacent to an activating group) is 1. The van der Waals surface area contributed by atoms with Gasteiger partial charge in [0.05, 0.1) is 0 Å². The number of nitrogens with zero attached hydrogens (tertiary/aromatic N) is 2. The van der Waals surface area contributed by atoms with Crippen LogP contribution in [0.1, 0.15) is 32.3 Å². The lowest BCUT2D eigenvalue weighted by molar-refractivity contribution is -0.130. The van der Waals surface area contributed by atoms with E-state index in [0.29, 0.717) is 0 Å². The molecule has 1 rings (SSSR count). The summed E-state index contributed by atoms with van der Waals surface area (Å²) in [5.74, 6) is -0.173. The zero-order valence-corrected chi connectivity index (χ0v) is 14.7. The number of hydrogen-bond donors (Lipinski definition) is 0. The highest BCUT2D eigenvalue weighted by Crippen LogP contribution is 2.23. The molecule has 21 heavy (non-hydrogen) atoms. The Morgan fingerprint density at radius 3 is 2.48 bits per heavy atom. The molecule has 116 valence electrons. The topological polar surface area (TPSA) is 40.6 Å². The number of carbonyl (C=O) groups is 2. The molecule has 2 amide bonds.